The van der Waals surface area contributed by atoms with Crippen molar-refractivity contribution in [3.05, 3.63) is 489 Å². The highest BCUT2D eigenvalue weighted by Gasteiger charge is 2.39. The lowest BCUT2D eigenvalue weighted by Gasteiger charge is -2.23. The van der Waals surface area contributed by atoms with E-state index in [1.807, 2.05) is 42.9 Å². The zero-order valence-corrected chi connectivity index (χ0v) is 75.8. The molecule has 29 rings (SSSR count). The number of hydrogen-bond acceptors (Lipinski definition) is 5. The van der Waals surface area contributed by atoms with Crippen LogP contribution in [-0.2, 0) is 11.8 Å². The van der Waals surface area contributed by atoms with E-state index in [0.717, 1.165) is 162 Å². The fourth-order valence-corrected chi connectivity index (χ4v) is 22.8. The maximum absolute atomic E-state index is 6.84. The minimum Gasteiger partial charge on any atom is -0.455 e. The molecule has 0 N–H and O–H groups in total. The Balaban J connectivity index is 0.000000104. The molecule has 0 saturated heterocycles. The van der Waals surface area contributed by atoms with Crippen molar-refractivity contribution < 1.29 is 8.83 Å². The predicted octanol–water partition coefficient (Wildman–Crippen LogP) is 33.8. The Morgan fingerprint density at radius 3 is 1.34 bits per heavy atom. The first-order valence-electron chi connectivity index (χ1n) is 47.6. The molecule has 0 bridgehead atoms. The van der Waals surface area contributed by atoms with Crippen LogP contribution in [-0.4, -0.2) is 33.2 Å². The lowest BCUT2D eigenvalue weighted by Crippen LogP contribution is -2.15. The van der Waals surface area contributed by atoms with Crippen molar-refractivity contribution in [2.45, 2.75) is 38.0 Å². The minimum absolute atomic E-state index is 0.182. The van der Waals surface area contributed by atoms with Gasteiger partial charge in [0, 0.05) is 123 Å². The van der Waals surface area contributed by atoms with Gasteiger partial charge in [-0.05, 0) is 267 Å². The molecule has 2 aliphatic carbocycles. The fourth-order valence-electron chi connectivity index (χ4n) is 22.8. The van der Waals surface area contributed by atoms with E-state index in [1.165, 1.54) is 110 Å². The van der Waals surface area contributed by atoms with E-state index in [2.05, 4.69) is 461 Å². The van der Waals surface area contributed by atoms with Gasteiger partial charge in [0.05, 0.1) is 72.0 Å². The number of rotatable bonds is 11. The molecule has 9 aromatic heterocycles. The molecule has 0 radical (unpaired) electrons. The summed E-state index contributed by atoms with van der Waals surface area (Å²) >= 11 is 0. The summed E-state index contributed by atoms with van der Waals surface area (Å²) in [6.07, 6.45) is 7.87. The third kappa shape index (κ3) is 12.9. The third-order valence-electron chi connectivity index (χ3n) is 29.1. The molecule has 9 heteroatoms. The molecule has 1 atom stereocenters. The van der Waals surface area contributed by atoms with Crippen molar-refractivity contribution in [3.8, 4) is 101 Å². The van der Waals surface area contributed by atoms with E-state index in [-0.39, 0.29) is 5.41 Å². The van der Waals surface area contributed by atoms with Crippen LogP contribution in [0.1, 0.15) is 54.0 Å². The van der Waals surface area contributed by atoms with Crippen molar-refractivity contribution in [1.82, 2.24) is 33.2 Å². The summed E-state index contributed by atoms with van der Waals surface area (Å²) in [6, 6.07) is 159. The molecule has 27 aromatic rings. The molecular weight excluding hydrogens is 1680 g/mol. The summed E-state index contributed by atoms with van der Waals surface area (Å²) < 4.78 is 23.2. The van der Waals surface area contributed by atoms with Gasteiger partial charge < -0.3 is 27.1 Å². The number of aromatic nitrogens is 7. The van der Waals surface area contributed by atoms with Gasteiger partial charge in [0.1, 0.15) is 22.3 Å². The first-order valence-corrected chi connectivity index (χ1v) is 47.6. The number of fused-ring (bicyclic) bond motifs is 25. The minimum atomic E-state index is -0.182. The molecule has 138 heavy (non-hydrogen) atoms. The van der Waals surface area contributed by atoms with Gasteiger partial charge in [-0.15, -0.1) is 0 Å². The van der Waals surface area contributed by atoms with Gasteiger partial charge >= 0.3 is 0 Å². The maximum Gasteiger partial charge on any atom is 0.145 e. The third-order valence-corrected chi connectivity index (χ3v) is 29.1. The Bertz CT molecular complexity index is 9470. The van der Waals surface area contributed by atoms with Gasteiger partial charge in [-0.1, -0.05) is 275 Å². The van der Waals surface area contributed by atoms with Crippen molar-refractivity contribution >= 4 is 131 Å². The monoisotopic (exact) mass is 1770 g/mol. The average Bonchev–Trinajstić information content (AvgIpc) is 1.53. The quantitative estimate of drug-likeness (QED) is 0.129. The van der Waals surface area contributed by atoms with Gasteiger partial charge in [0.15, 0.2) is 0 Å². The summed E-state index contributed by atoms with van der Waals surface area (Å²) in [6.45, 7) is 4.79. The topological polar surface area (TPSA) is 84.7 Å². The highest BCUT2D eigenvalue weighted by molar-refractivity contribution is 6.27. The number of hydrogen-bond donors (Lipinski definition) is 0. The zero-order valence-electron chi connectivity index (χ0n) is 75.8. The fraction of sp³-hybridized carbons (Fsp3) is 0.0465. The Morgan fingerprint density at radius 1 is 0.254 bits per heavy atom. The zero-order chi connectivity index (χ0) is 91.2. The molecule has 0 spiro atoms. The number of pyridine rings is 3. The standard InChI is InChI=1S/C44H31N3.C44H30N2O.C41H26N2O/c1-44(2)36-23-20-30(47-38-17-8-6-14-31(38)32-15-7-9-18-39(32)47)27-35(36)33-22-24-40-42(43(33)44)34-21-19-28(37-16-10-11-25-45-37)26-41(34)46(40)29-12-4-3-5-13-29;1-3-11-28(12-4-1)35-26-38-41(27-36(35)39-17-9-10-24-45-39)46(31-14-5-2-6-15-31)40-22-21-34-37-25-30(19-23-42(37)47-44(34)43(38)40)33-20-18-29-13-7-8-16-32(29)33;1-3-10-27(11-4-1)28-12-9-13-29(24-28)30-17-19-33-34-21-22-37-40(41(34)44-39(33)26-30)35-20-18-31(36-16-7-8-23-42-36)25-38(35)43(37)32-14-5-2-6-15-32/h3-27H,1-2H3;1-17,19,21-27,33H,18,20H2;1-26H. The average molecular weight is 1770 g/mol. The summed E-state index contributed by atoms with van der Waals surface area (Å²) in [4.78, 5) is 14.1. The molecule has 18 aromatic carbocycles. The van der Waals surface area contributed by atoms with Crippen LogP contribution < -0.4 is 0 Å². The van der Waals surface area contributed by atoms with Crippen molar-refractivity contribution in [1.29, 1.82) is 0 Å². The highest BCUT2D eigenvalue weighted by Crippen LogP contribution is 2.56. The van der Waals surface area contributed by atoms with Gasteiger partial charge in [0.25, 0.3) is 0 Å². The Labute approximate surface area is 796 Å². The largest absolute Gasteiger partial charge is 0.455 e. The maximum atomic E-state index is 6.84. The molecule has 650 valence electrons. The van der Waals surface area contributed by atoms with Crippen LogP contribution in [0.3, 0.4) is 0 Å². The van der Waals surface area contributed by atoms with Gasteiger partial charge in [0.2, 0.25) is 0 Å². The van der Waals surface area contributed by atoms with Crippen LogP contribution in [0.4, 0.5) is 0 Å². The SMILES string of the molecule is CC1(C)c2ccc(-n3c4ccccc4c4ccccc43)cc2-c2ccc3c(c21)c1ccc(-c2ccccn2)cc1n3-c1ccccc1.c1ccc(-c2cc3c4c5oc6ccc(C7CCc8ccccc87)cc6c5ccc4n(-c4ccccc4)c3cc2-c2ccccn2)cc1.c1ccc(-c2cccc(-c3ccc4c(c3)oc3c4ccc4c3c3ccc(-c5ccccn5)cc3n4-c3ccccc3)c2)cc1. The normalized spacial score (nSPS) is 13.2. The van der Waals surface area contributed by atoms with Crippen LogP contribution in [0, 0.1) is 0 Å². The Kier molecular flexibility index (Phi) is 18.7. The molecule has 9 heterocycles. The van der Waals surface area contributed by atoms with E-state index >= 15 is 0 Å². The Hall–Kier alpha value is -17.8. The summed E-state index contributed by atoms with van der Waals surface area (Å²) in [5, 5.41) is 14.3. The molecule has 0 saturated carbocycles. The number of benzene rings is 18. The molecule has 2 aliphatic rings. The predicted molar refractivity (Wildman–Crippen MR) is 571 cm³/mol. The first kappa shape index (κ1) is 79.9. The lowest BCUT2D eigenvalue weighted by molar-refractivity contribution is 0.666. The van der Waals surface area contributed by atoms with Crippen LogP contribution in [0.2, 0.25) is 0 Å². The number of nitrogens with zero attached hydrogens (tertiary/aromatic N) is 7. The van der Waals surface area contributed by atoms with Crippen LogP contribution in [0.5, 0.6) is 0 Å². The van der Waals surface area contributed by atoms with Crippen LogP contribution >= 0.6 is 0 Å². The second-order valence-corrected chi connectivity index (χ2v) is 37.1. The second-order valence-electron chi connectivity index (χ2n) is 37.1. The van der Waals surface area contributed by atoms with Crippen molar-refractivity contribution in [2.24, 2.45) is 0 Å². The molecule has 0 amide bonds. The van der Waals surface area contributed by atoms with Gasteiger partial charge in [-0.2, -0.15) is 0 Å². The molecule has 0 aliphatic heterocycles. The van der Waals surface area contributed by atoms with E-state index < -0.39 is 0 Å². The van der Waals surface area contributed by atoms with Crippen LogP contribution in [0.15, 0.2) is 470 Å². The number of para-hydroxylation sites is 5. The number of furan rings is 2. The summed E-state index contributed by atoms with van der Waals surface area (Å²) in [5.74, 6) is 0.419. The van der Waals surface area contributed by atoms with E-state index in [9.17, 15) is 0 Å². The molecular formula is C129H87N7O2. The Morgan fingerprint density at radius 2 is 0.725 bits per heavy atom. The van der Waals surface area contributed by atoms with Crippen LogP contribution in [0.25, 0.3) is 232 Å². The molecule has 9 nitrogen and oxygen atoms in total. The van der Waals surface area contributed by atoms with E-state index in [0.29, 0.717) is 5.92 Å². The number of aryl methyl sites for hydroxylation is 1. The smallest absolute Gasteiger partial charge is 0.145 e. The highest BCUT2D eigenvalue weighted by atomic mass is 16.3. The molecule has 0 fully saturated rings. The first-order chi connectivity index (χ1) is 68.2. The molecule has 1 unspecified atom stereocenters. The summed E-state index contributed by atoms with van der Waals surface area (Å²) in [5.41, 5.74) is 40.4. The van der Waals surface area contributed by atoms with Crippen molar-refractivity contribution in [2.75, 3.05) is 0 Å². The lowest BCUT2D eigenvalue weighted by atomic mass is 9.80. The van der Waals surface area contributed by atoms with Gasteiger partial charge in [-0.3, -0.25) is 15.0 Å². The van der Waals surface area contributed by atoms with Crippen molar-refractivity contribution in [3.63, 3.8) is 0 Å². The van der Waals surface area contributed by atoms with Gasteiger partial charge in [-0.25, -0.2) is 0 Å². The van der Waals surface area contributed by atoms with E-state index in [4.69, 9.17) is 13.8 Å². The second kappa shape index (κ2) is 32.3. The van der Waals surface area contributed by atoms with E-state index in [1.54, 1.807) is 0 Å². The summed E-state index contributed by atoms with van der Waals surface area (Å²) in [7, 11) is 0.